The van der Waals surface area contributed by atoms with Crippen LogP contribution >= 0.6 is 0 Å². The van der Waals surface area contributed by atoms with Crippen LogP contribution in [0.3, 0.4) is 0 Å². The summed E-state index contributed by atoms with van der Waals surface area (Å²) in [5, 5.41) is 0. The van der Waals surface area contributed by atoms with Gasteiger partial charge in [0.15, 0.2) is 0 Å². The van der Waals surface area contributed by atoms with Crippen molar-refractivity contribution in [1.82, 2.24) is 4.90 Å². The summed E-state index contributed by atoms with van der Waals surface area (Å²) in [5.74, 6) is 1.35. The zero-order chi connectivity index (χ0) is 12.3. The van der Waals surface area contributed by atoms with Gasteiger partial charge in [0.2, 0.25) is 0 Å². The van der Waals surface area contributed by atoms with Gasteiger partial charge in [-0.15, -0.1) is 0 Å². The fraction of sp³-hybridized carbons (Fsp3) is 0.923. The van der Waals surface area contributed by atoms with Crippen LogP contribution in [0.1, 0.15) is 47.5 Å². The number of carbonyl (C=O) groups is 1. The number of likely N-dealkylation sites (tertiary alicyclic amines) is 1. The lowest BCUT2D eigenvalue weighted by atomic mass is 9.85. The molecule has 0 N–H and O–H groups in total. The van der Waals surface area contributed by atoms with Gasteiger partial charge in [0.05, 0.1) is 0 Å². The quantitative estimate of drug-likeness (QED) is 0.688. The monoisotopic (exact) mass is 227 g/mol. The molecule has 0 spiro atoms. The van der Waals surface area contributed by atoms with E-state index in [9.17, 15) is 4.79 Å². The van der Waals surface area contributed by atoms with Crippen LogP contribution in [0.4, 0.5) is 4.79 Å². The normalized spacial score (nSPS) is 26.7. The van der Waals surface area contributed by atoms with Crippen molar-refractivity contribution in [3.63, 3.8) is 0 Å². The van der Waals surface area contributed by atoms with Gasteiger partial charge in [-0.2, -0.15) is 0 Å². The molecule has 1 saturated heterocycles. The van der Waals surface area contributed by atoms with Crippen molar-refractivity contribution < 1.29 is 9.53 Å². The lowest BCUT2D eigenvalue weighted by Gasteiger charge is -2.37. The lowest BCUT2D eigenvalue weighted by molar-refractivity contribution is 0.0111. The Morgan fingerprint density at radius 2 is 2.06 bits per heavy atom. The average Bonchev–Trinajstić information content (AvgIpc) is 2.15. The van der Waals surface area contributed by atoms with E-state index in [1.54, 1.807) is 0 Å². The highest BCUT2D eigenvalue weighted by Crippen LogP contribution is 2.26. The van der Waals surface area contributed by atoms with E-state index in [1.807, 2.05) is 25.7 Å². The van der Waals surface area contributed by atoms with Crippen molar-refractivity contribution in [2.24, 2.45) is 11.8 Å². The summed E-state index contributed by atoms with van der Waals surface area (Å²) in [4.78, 5) is 13.7. The van der Waals surface area contributed by atoms with Crippen molar-refractivity contribution >= 4 is 6.09 Å². The maximum Gasteiger partial charge on any atom is 0.410 e. The number of amides is 1. The molecule has 2 atom stereocenters. The maximum atomic E-state index is 11.9. The van der Waals surface area contributed by atoms with E-state index in [4.69, 9.17) is 4.74 Å². The minimum absolute atomic E-state index is 0.155. The highest BCUT2D eigenvalue weighted by Gasteiger charge is 2.30. The minimum atomic E-state index is -0.387. The van der Waals surface area contributed by atoms with E-state index >= 15 is 0 Å². The Bertz CT molecular complexity index is 245. The first-order valence-electron chi connectivity index (χ1n) is 6.31. The van der Waals surface area contributed by atoms with Crippen molar-refractivity contribution in [3.05, 3.63) is 0 Å². The molecule has 0 aromatic heterocycles. The molecule has 0 bridgehead atoms. The molecule has 3 nitrogen and oxygen atoms in total. The van der Waals surface area contributed by atoms with E-state index in [0.29, 0.717) is 5.92 Å². The predicted molar refractivity (Wildman–Crippen MR) is 65.4 cm³/mol. The summed E-state index contributed by atoms with van der Waals surface area (Å²) < 4.78 is 5.39. The molecule has 1 aliphatic heterocycles. The van der Waals surface area contributed by atoms with Gasteiger partial charge >= 0.3 is 6.09 Å². The molecule has 94 valence electrons. The molecule has 0 aromatic carbocycles. The molecule has 0 radical (unpaired) electrons. The summed E-state index contributed by atoms with van der Waals surface area (Å²) in [6.45, 7) is 11.9. The number of hydrogen-bond donors (Lipinski definition) is 0. The highest BCUT2D eigenvalue weighted by molar-refractivity contribution is 5.68. The van der Waals surface area contributed by atoms with E-state index in [1.165, 1.54) is 0 Å². The van der Waals surface area contributed by atoms with E-state index in [2.05, 4.69) is 13.8 Å². The first-order chi connectivity index (χ1) is 7.33. The summed E-state index contributed by atoms with van der Waals surface area (Å²) >= 11 is 0. The Balaban J connectivity index is 2.52. The number of hydrogen-bond acceptors (Lipinski definition) is 2. The number of carbonyl (C=O) groups excluding carboxylic acids is 1. The van der Waals surface area contributed by atoms with Crippen molar-refractivity contribution in [3.8, 4) is 0 Å². The Morgan fingerprint density at radius 3 is 2.56 bits per heavy atom. The second-order valence-corrected chi connectivity index (χ2v) is 5.86. The van der Waals surface area contributed by atoms with Crippen LogP contribution in [-0.2, 0) is 4.74 Å². The zero-order valence-corrected chi connectivity index (χ0v) is 11.2. The Labute approximate surface area is 99.1 Å². The first-order valence-corrected chi connectivity index (χ1v) is 6.31. The second kappa shape index (κ2) is 5.07. The van der Waals surface area contributed by atoms with E-state index in [0.717, 1.165) is 31.8 Å². The van der Waals surface area contributed by atoms with Gasteiger partial charge in [0, 0.05) is 13.1 Å². The topological polar surface area (TPSA) is 29.5 Å². The number of nitrogens with zero attached hydrogens (tertiary/aromatic N) is 1. The Kier molecular flexibility index (Phi) is 4.22. The van der Waals surface area contributed by atoms with Gasteiger partial charge in [-0.1, -0.05) is 20.3 Å². The minimum Gasteiger partial charge on any atom is -0.444 e. The van der Waals surface area contributed by atoms with Gasteiger partial charge in [-0.05, 0) is 39.0 Å². The summed E-state index contributed by atoms with van der Waals surface area (Å²) in [7, 11) is 0. The van der Waals surface area contributed by atoms with Gasteiger partial charge in [0.1, 0.15) is 5.60 Å². The Morgan fingerprint density at radius 1 is 1.44 bits per heavy atom. The molecule has 1 amide bonds. The maximum absolute atomic E-state index is 11.9. The van der Waals surface area contributed by atoms with E-state index in [-0.39, 0.29) is 11.7 Å². The largest absolute Gasteiger partial charge is 0.444 e. The molecule has 0 aliphatic carbocycles. The third-order valence-corrected chi connectivity index (χ3v) is 3.29. The molecular formula is C13H25NO2. The van der Waals surface area contributed by atoms with Crippen LogP contribution in [0.5, 0.6) is 0 Å². The molecule has 0 aromatic rings. The average molecular weight is 227 g/mol. The molecule has 2 unspecified atom stereocenters. The van der Waals surface area contributed by atoms with E-state index < -0.39 is 0 Å². The zero-order valence-electron chi connectivity index (χ0n) is 11.2. The number of rotatable bonds is 1. The van der Waals surface area contributed by atoms with Gasteiger partial charge in [-0.3, -0.25) is 0 Å². The molecule has 1 heterocycles. The molecule has 0 saturated carbocycles. The molecule has 1 rings (SSSR count). The summed E-state index contributed by atoms with van der Waals surface area (Å²) in [6.07, 6.45) is 2.08. The van der Waals surface area contributed by atoms with Gasteiger partial charge < -0.3 is 9.64 Å². The summed E-state index contributed by atoms with van der Waals surface area (Å²) in [6, 6.07) is 0. The lowest BCUT2D eigenvalue weighted by Crippen LogP contribution is -2.45. The summed E-state index contributed by atoms with van der Waals surface area (Å²) in [5.41, 5.74) is -0.387. The number of ether oxygens (including phenoxy) is 1. The first kappa shape index (κ1) is 13.3. The third kappa shape index (κ3) is 3.69. The highest BCUT2D eigenvalue weighted by atomic mass is 16.6. The van der Waals surface area contributed by atoms with Crippen LogP contribution in [0.2, 0.25) is 0 Å². The van der Waals surface area contributed by atoms with Gasteiger partial charge in [-0.25, -0.2) is 4.79 Å². The van der Waals surface area contributed by atoms with Gasteiger partial charge in [0.25, 0.3) is 0 Å². The van der Waals surface area contributed by atoms with Crippen LogP contribution < -0.4 is 0 Å². The fourth-order valence-corrected chi connectivity index (χ4v) is 2.17. The van der Waals surface area contributed by atoms with Crippen LogP contribution in [0, 0.1) is 11.8 Å². The predicted octanol–water partition coefficient (Wildman–Crippen LogP) is 3.29. The SMILES string of the molecule is CCC1CN(C(=O)OC(C)(C)C)CCC1C. The Hall–Kier alpha value is -0.730. The number of piperidine rings is 1. The van der Waals surface area contributed by atoms with Crippen molar-refractivity contribution in [2.45, 2.75) is 53.1 Å². The third-order valence-electron chi connectivity index (χ3n) is 3.29. The van der Waals surface area contributed by atoms with Crippen LogP contribution in [-0.4, -0.2) is 29.7 Å². The van der Waals surface area contributed by atoms with Crippen molar-refractivity contribution in [1.29, 1.82) is 0 Å². The molecule has 16 heavy (non-hydrogen) atoms. The van der Waals surface area contributed by atoms with Crippen LogP contribution in [0.25, 0.3) is 0 Å². The molecular weight excluding hydrogens is 202 g/mol. The molecule has 3 heteroatoms. The second-order valence-electron chi connectivity index (χ2n) is 5.86. The molecule has 1 fully saturated rings. The smallest absolute Gasteiger partial charge is 0.410 e. The van der Waals surface area contributed by atoms with Crippen molar-refractivity contribution in [2.75, 3.05) is 13.1 Å². The fourth-order valence-electron chi connectivity index (χ4n) is 2.17. The standard InChI is InChI=1S/C13H25NO2/c1-6-11-9-14(8-7-10(11)2)12(15)16-13(3,4)5/h10-11H,6-9H2,1-5H3. The van der Waals surface area contributed by atoms with Crippen LogP contribution in [0.15, 0.2) is 0 Å². The molecule has 1 aliphatic rings.